The lowest BCUT2D eigenvalue weighted by molar-refractivity contribution is -0.122. The third kappa shape index (κ3) is 2.47. The number of ether oxygens (including phenoxy) is 1. The van der Waals surface area contributed by atoms with Crippen LogP contribution in [-0.2, 0) is 4.79 Å². The van der Waals surface area contributed by atoms with E-state index in [2.05, 4.69) is 0 Å². The molecule has 21 heavy (non-hydrogen) atoms. The quantitative estimate of drug-likeness (QED) is 0.840. The summed E-state index contributed by atoms with van der Waals surface area (Å²) in [5.41, 5.74) is 12.3. The number of carbonyl (C=O) groups excluding carboxylic acids is 2. The molecule has 0 spiro atoms. The van der Waals surface area contributed by atoms with Gasteiger partial charge in [0, 0.05) is 12.1 Å². The first kappa shape index (κ1) is 13.9. The molecule has 0 radical (unpaired) electrons. The molecule has 2 amide bonds. The number of anilines is 1. The second kappa shape index (κ2) is 5.37. The normalized spacial score (nSPS) is 25.2. The number of nitrogens with zero attached hydrogens (tertiary/aromatic N) is 1. The fraction of sp³-hybridized carbons (Fsp3) is 0.467. The van der Waals surface area contributed by atoms with Gasteiger partial charge in [-0.15, -0.1) is 0 Å². The molecule has 6 heteroatoms. The van der Waals surface area contributed by atoms with Crippen molar-refractivity contribution in [3.05, 3.63) is 23.8 Å². The average molecular weight is 289 g/mol. The SMILES string of the molecule is NC(=O)c1cccc2c1OCC(=O)N2C1CCC(N)CC1. The van der Waals surface area contributed by atoms with Gasteiger partial charge in [0.15, 0.2) is 12.4 Å². The Morgan fingerprint density at radius 1 is 1.24 bits per heavy atom. The fourth-order valence-electron chi connectivity index (χ4n) is 3.16. The zero-order chi connectivity index (χ0) is 15.0. The highest BCUT2D eigenvalue weighted by Crippen LogP contribution is 2.38. The molecule has 1 heterocycles. The number of hydrogen-bond donors (Lipinski definition) is 2. The summed E-state index contributed by atoms with van der Waals surface area (Å²) in [7, 11) is 0. The molecule has 1 saturated carbocycles. The Kier molecular flexibility index (Phi) is 3.55. The van der Waals surface area contributed by atoms with E-state index in [-0.39, 0.29) is 24.6 Å². The van der Waals surface area contributed by atoms with Crippen molar-refractivity contribution in [3.8, 4) is 5.75 Å². The number of nitrogens with two attached hydrogens (primary N) is 2. The van der Waals surface area contributed by atoms with Crippen LogP contribution in [0.2, 0.25) is 0 Å². The molecule has 0 unspecified atom stereocenters. The van der Waals surface area contributed by atoms with Crippen molar-refractivity contribution in [2.75, 3.05) is 11.5 Å². The summed E-state index contributed by atoms with van der Waals surface area (Å²) >= 11 is 0. The standard InChI is InChI=1S/C15H19N3O3/c16-9-4-6-10(7-5-9)18-12-3-1-2-11(15(17)20)14(12)21-8-13(18)19/h1-3,9-10H,4-8,16H2,(H2,17,20). The summed E-state index contributed by atoms with van der Waals surface area (Å²) in [4.78, 5) is 25.5. The van der Waals surface area contributed by atoms with Crippen molar-refractivity contribution < 1.29 is 14.3 Å². The van der Waals surface area contributed by atoms with Crippen molar-refractivity contribution in [2.24, 2.45) is 11.5 Å². The third-order valence-electron chi connectivity index (χ3n) is 4.23. The van der Waals surface area contributed by atoms with Crippen LogP contribution in [0.1, 0.15) is 36.0 Å². The van der Waals surface area contributed by atoms with Crippen molar-refractivity contribution in [2.45, 2.75) is 37.8 Å². The van der Waals surface area contributed by atoms with Gasteiger partial charge >= 0.3 is 0 Å². The molecular weight excluding hydrogens is 270 g/mol. The van der Waals surface area contributed by atoms with Crippen molar-refractivity contribution >= 4 is 17.5 Å². The van der Waals surface area contributed by atoms with E-state index in [1.165, 1.54) is 0 Å². The topological polar surface area (TPSA) is 98.7 Å². The van der Waals surface area contributed by atoms with E-state index in [1.807, 2.05) is 0 Å². The van der Waals surface area contributed by atoms with Crippen LogP contribution in [0.15, 0.2) is 18.2 Å². The number of primary amides is 1. The summed E-state index contributed by atoms with van der Waals surface area (Å²) in [5, 5.41) is 0. The second-order valence-corrected chi connectivity index (χ2v) is 5.64. The molecule has 6 nitrogen and oxygen atoms in total. The Balaban J connectivity index is 1.97. The van der Waals surface area contributed by atoms with Crippen molar-refractivity contribution in [3.63, 3.8) is 0 Å². The maximum absolute atomic E-state index is 12.3. The second-order valence-electron chi connectivity index (χ2n) is 5.64. The van der Waals surface area contributed by atoms with Gasteiger partial charge in [0.1, 0.15) is 0 Å². The predicted molar refractivity (Wildman–Crippen MR) is 78.2 cm³/mol. The monoisotopic (exact) mass is 289 g/mol. The Hall–Kier alpha value is -2.08. The number of carbonyl (C=O) groups is 2. The van der Waals surface area contributed by atoms with Crippen LogP contribution in [0.5, 0.6) is 5.75 Å². The maximum Gasteiger partial charge on any atom is 0.265 e. The highest BCUT2D eigenvalue weighted by molar-refractivity contribution is 6.04. The molecule has 1 aliphatic carbocycles. The number of fused-ring (bicyclic) bond motifs is 1. The smallest absolute Gasteiger partial charge is 0.265 e. The van der Waals surface area contributed by atoms with Gasteiger partial charge < -0.3 is 21.1 Å². The van der Waals surface area contributed by atoms with E-state index in [0.29, 0.717) is 17.0 Å². The minimum atomic E-state index is -0.549. The molecular formula is C15H19N3O3. The predicted octanol–water partition coefficient (Wildman–Crippen LogP) is 0.781. The van der Waals surface area contributed by atoms with Gasteiger partial charge in [-0.3, -0.25) is 9.59 Å². The van der Waals surface area contributed by atoms with E-state index in [9.17, 15) is 9.59 Å². The van der Waals surface area contributed by atoms with E-state index in [0.717, 1.165) is 25.7 Å². The summed E-state index contributed by atoms with van der Waals surface area (Å²) in [5.74, 6) is -0.212. The number of rotatable bonds is 2. The number of hydrogen-bond acceptors (Lipinski definition) is 4. The molecule has 1 aromatic rings. The van der Waals surface area contributed by atoms with Crippen LogP contribution in [0.3, 0.4) is 0 Å². The van der Waals surface area contributed by atoms with Crippen LogP contribution < -0.4 is 21.1 Å². The highest BCUT2D eigenvalue weighted by Gasteiger charge is 2.35. The first-order valence-electron chi connectivity index (χ1n) is 7.21. The molecule has 0 bridgehead atoms. The largest absolute Gasteiger partial charge is 0.481 e. The Morgan fingerprint density at radius 3 is 2.62 bits per heavy atom. The van der Waals surface area contributed by atoms with Crippen LogP contribution in [0, 0.1) is 0 Å². The molecule has 1 aliphatic heterocycles. The van der Waals surface area contributed by atoms with E-state index < -0.39 is 5.91 Å². The molecule has 4 N–H and O–H groups in total. The number of para-hydroxylation sites is 1. The van der Waals surface area contributed by atoms with Crippen molar-refractivity contribution in [1.29, 1.82) is 0 Å². The van der Waals surface area contributed by atoms with Crippen LogP contribution >= 0.6 is 0 Å². The van der Waals surface area contributed by atoms with Gasteiger partial charge in [-0.25, -0.2) is 0 Å². The van der Waals surface area contributed by atoms with Gasteiger partial charge in [-0.05, 0) is 37.8 Å². The molecule has 0 atom stereocenters. The zero-order valence-electron chi connectivity index (χ0n) is 11.7. The highest BCUT2D eigenvalue weighted by atomic mass is 16.5. The summed E-state index contributed by atoms with van der Waals surface area (Å²) in [6.07, 6.45) is 3.54. The van der Waals surface area contributed by atoms with Crippen LogP contribution in [0.25, 0.3) is 0 Å². The third-order valence-corrected chi connectivity index (χ3v) is 4.23. The maximum atomic E-state index is 12.3. The molecule has 1 fully saturated rings. The lowest BCUT2D eigenvalue weighted by Crippen LogP contribution is -2.48. The van der Waals surface area contributed by atoms with Gasteiger partial charge in [0.05, 0.1) is 11.3 Å². The molecule has 0 saturated heterocycles. The fourth-order valence-corrected chi connectivity index (χ4v) is 3.16. The van der Waals surface area contributed by atoms with Crippen LogP contribution in [0.4, 0.5) is 5.69 Å². The minimum absolute atomic E-state index is 0.0557. The number of amides is 2. The Labute approximate surface area is 123 Å². The molecule has 2 aliphatic rings. The van der Waals surface area contributed by atoms with E-state index >= 15 is 0 Å². The Bertz CT molecular complexity index is 580. The lowest BCUT2D eigenvalue weighted by atomic mass is 9.90. The molecule has 0 aromatic heterocycles. The van der Waals surface area contributed by atoms with E-state index in [1.54, 1.807) is 23.1 Å². The molecule has 1 aromatic carbocycles. The Morgan fingerprint density at radius 2 is 1.95 bits per heavy atom. The average Bonchev–Trinajstić information content (AvgIpc) is 2.47. The van der Waals surface area contributed by atoms with Crippen molar-refractivity contribution in [1.82, 2.24) is 0 Å². The molecule has 3 rings (SSSR count). The minimum Gasteiger partial charge on any atom is -0.481 e. The van der Waals surface area contributed by atoms with E-state index in [4.69, 9.17) is 16.2 Å². The number of benzene rings is 1. The molecule has 112 valence electrons. The summed E-state index contributed by atoms with van der Waals surface area (Å²) in [6, 6.07) is 5.47. The van der Waals surface area contributed by atoms with Crippen LogP contribution in [-0.4, -0.2) is 30.5 Å². The van der Waals surface area contributed by atoms with Gasteiger partial charge in [-0.1, -0.05) is 6.07 Å². The van der Waals surface area contributed by atoms with Gasteiger partial charge in [-0.2, -0.15) is 0 Å². The van der Waals surface area contributed by atoms with Gasteiger partial charge in [0.25, 0.3) is 11.8 Å². The van der Waals surface area contributed by atoms with Gasteiger partial charge in [0.2, 0.25) is 0 Å². The first-order chi connectivity index (χ1) is 10.1. The lowest BCUT2D eigenvalue weighted by Gasteiger charge is -2.39. The first-order valence-corrected chi connectivity index (χ1v) is 7.21. The zero-order valence-corrected chi connectivity index (χ0v) is 11.7. The summed E-state index contributed by atoms with van der Waals surface area (Å²) in [6.45, 7) is -0.0557. The summed E-state index contributed by atoms with van der Waals surface area (Å²) < 4.78 is 5.45.